The fraction of sp³-hybridized carbons (Fsp3) is 0.524. The highest BCUT2D eigenvalue weighted by atomic mass is 16.2. The van der Waals surface area contributed by atoms with Gasteiger partial charge in [-0.1, -0.05) is 49.6 Å². The molecule has 0 aromatic heterocycles. The van der Waals surface area contributed by atoms with Gasteiger partial charge in [-0.15, -0.1) is 0 Å². The number of amides is 5. The number of nitrogens with zero attached hydrogens (tertiary/aromatic N) is 3. The van der Waals surface area contributed by atoms with E-state index in [0.29, 0.717) is 24.9 Å². The van der Waals surface area contributed by atoms with Gasteiger partial charge in [0.05, 0.1) is 6.54 Å². The average Bonchev–Trinajstić information content (AvgIpc) is 2.92. The molecule has 0 unspecified atom stereocenters. The number of urea groups is 1. The van der Waals surface area contributed by atoms with Crippen molar-refractivity contribution in [2.24, 2.45) is 11.8 Å². The molecule has 3 aliphatic rings. The molecule has 0 bridgehead atoms. The predicted octanol–water partition coefficient (Wildman–Crippen LogP) is 2.02. The molecule has 1 aromatic rings. The van der Waals surface area contributed by atoms with Crippen molar-refractivity contribution in [1.29, 1.82) is 0 Å². The molecule has 5 amide bonds. The number of carbonyl (C=O) groups is 4. The highest BCUT2D eigenvalue weighted by Gasteiger charge is 2.46. The third-order valence-electron chi connectivity index (χ3n) is 6.26. The van der Waals surface area contributed by atoms with Gasteiger partial charge in [-0.3, -0.25) is 19.3 Å². The molecular formula is C21H25N3O4. The van der Waals surface area contributed by atoms with E-state index in [1.807, 2.05) is 6.07 Å². The summed E-state index contributed by atoms with van der Waals surface area (Å²) >= 11 is 0. The van der Waals surface area contributed by atoms with Crippen molar-refractivity contribution < 1.29 is 19.2 Å². The van der Waals surface area contributed by atoms with Gasteiger partial charge in [-0.25, -0.2) is 9.69 Å². The lowest BCUT2D eigenvalue weighted by molar-refractivity contribution is -0.145. The van der Waals surface area contributed by atoms with E-state index in [9.17, 15) is 19.2 Å². The molecule has 0 radical (unpaired) electrons. The van der Waals surface area contributed by atoms with Crippen LogP contribution in [0.5, 0.6) is 0 Å². The maximum Gasteiger partial charge on any atom is 0.335 e. The zero-order chi connectivity index (χ0) is 19.7. The van der Waals surface area contributed by atoms with Gasteiger partial charge in [-0.05, 0) is 30.2 Å². The number of piperidine rings is 1. The standard InChI is InChI=1S/C21H25N3O4/c25-18(22-11-10-16-8-4-5-9-17(16)13-22)14-24-20(27)19(26)23(21(24)28)12-15-6-2-1-3-7-15/h1-3,6-7,16-17H,4-5,8-14H2/t16-,17+/m1/s1. The van der Waals surface area contributed by atoms with Gasteiger partial charge in [0, 0.05) is 13.1 Å². The van der Waals surface area contributed by atoms with E-state index in [1.54, 1.807) is 29.2 Å². The Bertz CT molecular complexity index is 794. The van der Waals surface area contributed by atoms with E-state index < -0.39 is 17.8 Å². The Balaban J connectivity index is 1.40. The summed E-state index contributed by atoms with van der Waals surface area (Å²) < 4.78 is 0. The minimum Gasteiger partial charge on any atom is -0.341 e. The van der Waals surface area contributed by atoms with Gasteiger partial charge < -0.3 is 4.90 Å². The van der Waals surface area contributed by atoms with Crippen molar-refractivity contribution in [3.63, 3.8) is 0 Å². The van der Waals surface area contributed by atoms with Crippen LogP contribution in [0.4, 0.5) is 4.79 Å². The van der Waals surface area contributed by atoms with Crippen molar-refractivity contribution in [1.82, 2.24) is 14.7 Å². The van der Waals surface area contributed by atoms with Crippen LogP contribution in [0, 0.1) is 11.8 Å². The van der Waals surface area contributed by atoms with E-state index in [0.717, 1.165) is 28.2 Å². The van der Waals surface area contributed by atoms with Crippen LogP contribution < -0.4 is 0 Å². The summed E-state index contributed by atoms with van der Waals surface area (Å²) in [6.45, 7) is 1.04. The quantitative estimate of drug-likeness (QED) is 0.589. The molecule has 2 atom stereocenters. The van der Waals surface area contributed by atoms with E-state index in [2.05, 4.69) is 0 Å². The Morgan fingerprint density at radius 3 is 2.32 bits per heavy atom. The Labute approximate surface area is 164 Å². The molecule has 0 spiro atoms. The number of benzene rings is 1. The number of hydrogen-bond acceptors (Lipinski definition) is 4. The number of carbonyl (C=O) groups excluding carboxylic acids is 4. The van der Waals surface area contributed by atoms with Gasteiger partial charge in [-0.2, -0.15) is 0 Å². The molecule has 2 aliphatic heterocycles. The van der Waals surface area contributed by atoms with E-state index >= 15 is 0 Å². The number of hydrogen-bond donors (Lipinski definition) is 0. The third kappa shape index (κ3) is 3.53. The maximum absolute atomic E-state index is 12.7. The zero-order valence-electron chi connectivity index (χ0n) is 15.9. The van der Waals surface area contributed by atoms with Crippen LogP contribution in [-0.4, -0.2) is 58.1 Å². The molecule has 0 N–H and O–H groups in total. The van der Waals surface area contributed by atoms with Crippen LogP contribution in [0.15, 0.2) is 30.3 Å². The summed E-state index contributed by atoms with van der Waals surface area (Å²) in [6, 6.07) is 8.31. The fourth-order valence-electron chi connectivity index (χ4n) is 4.66. The van der Waals surface area contributed by atoms with E-state index in [1.165, 1.54) is 19.3 Å². The predicted molar refractivity (Wildman–Crippen MR) is 101 cm³/mol. The van der Waals surface area contributed by atoms with Crippen LogP contribution in [0.1, 0.15) is 37.7 Å². The molecule has 1 aromatic carbocycles. The molecule has 148 valence electrons. The Morgan fingerprint density at radius 1 is 0.893 bits per heavy atom. The molecule has 1 aliphatic carbocycles. The lowest BCUT2D eigenvalue weighted by Gasteiger charge is -2.41. The first kappa shape index (κ1) is 18.7. The first-order chi connectivity index (χ1) is 13.5. The van der Waals surface area contributed by atoms with Crippen LogP contribution in [0.3, 0.4) is 0 Å². The summed E-state index contributed by atoms with van der Waals surface area (Å²) in [4.78, 5) is 53.4. The second-order valence-electron chi connectivity index (χ2n) is 7.98. The average molecular weight is 383 g/mol. The molecule has 3 fully saturated rings. The van der Waals surface area contributed by atoms with Crippen molar-refractivity contribution in [3.8, 4) is 0 Å². The first-order valence-electron chi connectivity index (χ1n) is 10.0. The molecule has 7 heteroatoms. The zero-order valence-corrected chi connectivity index (χ0v) is 15.9. The molecule has 2 heterocycles. The first-order valence-corrected chi connectivity index (χ1v) is 10.0. The Morgan fingerprint density at radius 2 is 1.57 bits per heavy atom. The number of likely N-dealkylation sites (tertiary alicyclic amines) is 1. The smallest absolute Gasteiger partial charge is 0.335 e. The number of fused-ring (bicyclic) bond motifs is 1. The van der Waals surface area contributed by atoms with Crippen LogP contribution in [0.25, 0.3) is 0 Å². The van der Waals surface area contributed by atoms with Crippen molar-refractivity contribution in [2.45, 2.75) is 38.6 Å². The van der Waals surface area contributed by atoms with Crippen molar-refractivity contribution >= 4 is 23.8 Å². The van der Waals surface area contributed by atoms with Crippen molar-refractivity contribution in [2.75, 3.05) is 19.6 Å². The Kier molecular flexibility index (Phi) is 5.15. The van der Waals surface area contributed by atoms with E-state index in [-0.39, 0.29) is 19.0 Å². The number of imide groups is 2. The molecule has 7 nitrogen and oxygen atoms in total. The van der Waals surface area contributed by atoms with Crippen LogP contribution in [0.2, 0.25) is 0 Å². The number of rotatable bonds is 4. The van der Waals surface area contributed by atoms with Crippen LogP contribution in [-0.2, 0) is 20.9 Å². The molecular weight excluding hydrogens is 358 g/mol. The third-order valence-corrected chi connectivity index (χ3v) is 6.26. The second-order valence-corrected chi connectivity index (χ2v) is 7.98. The highest BCUT2D eigenvalue weighted by Crippen LogP contribution is 2.36. The van der Waals surface area contributed by atoms with Gasteiger partial charge in [0.1, 0.15) is 6.54 Å². The maximum atomic E-state index is 12.7. The van der Waals surface area contributed by atoms with Gasteiger partial charge >= 0.3 is 17.8 Å². The summed E-state index contributed by atoms with van der Waals surface area (Å²) in [6.07, 6.45) is 5.83. The largest absolute Gasteiger partial charge is 0.341 e. The molecule has 2 saturated heterocycles. The second kappa shape index (κ2) is 7.73. The summed E-state index contributed by atoms with van der Waals surface area (Å²) in [5, 5.41) is 0. The van der Waals surface area contributed by atoms with Crippen LogP contribution >= 0.6 is 0 Å². The molecule has 4 rings (SSSR count). The lowest BCUT2D eigenvalue weighted by Crippen LogP contribution is -2.49. The van der Waals surface area contributed by atoms with Crippen molar-refractivity contribution in [3.05, 3.63) is 35.9 Å². The minimum absolute atomic E-state index is 0.0302. The normalized spacial score (nSPS) is 25.3. The lowest BCUT2D eigenvalue weighted by atomic mass is 9.75. The van der Waals surface area contributed by atoms with Gasteiger partial charge in [0.2, 0.25) is 5.91 Å². The van der Waals surface area contributed by atoms with Gasteiger partial charge in [0.25, 0.3) is 0 Å². The summed E-state index contributed by atoms with van der Waals surface area (Å²) in [5.41, 5.74) is 0.754. The fourth-order valence-corrected chi connectivity index (χ4v) is 4.66. The monoisotopic (exact) mass is 383 g/mol. The highest BCUT2D eigenvalue weighted by molar-refractivity contribution is 6.44. The Hall–Kier alpha value is -2.70. The minimum atomic E-state index is -0.915. The molecule has 28 heavy (non-hydrogen) atoms. The molecule has 1 saturated carbocycles. The summed E-state index contributed by atoms with van der Waals surface area (Å²) in [7, 11) is 0. The SMILES string of the molecule is O=C(CN1C(=O)C(=O)N(Cc2ccccc2)C1=O)N1CC[C@H]2CCCC[C@H]2C1. The van der Waals surface area contributed by atoms with Gasteiger partial charge in [0.15, 0.2) is 0 Å². The topological polar surface area (TPSA) is 78.0 Å². The van der Waals surface area contributed by atoms with E-state index in [4.69, 9.17) is 0 Å². The summed E-state index contributed by atoms with van der Waals surface area (Å²) in [5.74, 6) is -0.821.